The first-order chi connectivity index (χ1) is 10.5. The quantitative estimate of drug-likeness (QED) is 0.649. The monoisotopic (exact) mass is 318 g/mol. The van der Waals surface area contributed by atoms with Crippen molar-refractivity contribution in [3.63, 3.8) is 0 Å². The van der Waals surface area contributed by atoms with Crippen molar-refractivity contribution in [2.75, 3.05) is 6.61 Å². The van der Waals surface area contributed by atoms with Crippen molar-refractivity contribution in [3.8, 4) is 5.75 Å². The van der Waals surface area contributed by atoms with E-state index in [2.05, 4.69) is 41.5 Å². The SMILES string of the molecule is C/C=C/COC(=O)Cc1cc(C(C)(C)C)c(O)c(C(C)(C)C)c1. The molecule has 0 heterocycles. The highest BCUT2D eigenvalue weighted by Crippen LogP contribution is 2.39. The number of esters is 1. The second-order valence-electron chi connectivity index (χ2n) is 7.97. The maximum absolute atomic E-state index is 12.0. The number of hydrogen-bond donors (Lipinski definition) is 1. The molecule has 0 bridgehead atoms. The molecule has 0 radical (unpaired) electrons. The van der Waals surface area contributed by atoms with Crippen LogP contribution < -0.4 is 0 Å². The first-order valence-corrected chi connectivity index (χ1v) is 8.10. The maximum Gasteiger partial charge on any atom is 0.310 e. The van der Waals surface area contributed by atoms with E-state index in [0.29, 0.717) is 12.4 Å². The number of rotatable bonds is 4. The summed E-state index contributed by atoms with van der Waals surface area (Å²) < 4.78 is 5.18. The minimum atomic E-state index is -0.256. The van der Waals surface area contributed by atoms with Crippen molar-refractivity contribution in [2.24, 2.45) is 0 Å². The highest BCUT2D eigenvalue weighted by Gasteiger charge is 2.26. The highest BCUT2D eigenvalue weighted by atomic mass is 16.5. The molecule has 0 saturated heterocycles. The first kappa shape index (κ1) is 19.3. The third kappa shape index (κ3) is 5.42. The van der Waals surface area contributed by atoms with E-state index >= 15 is 0 Å². The van der Waals surface area contributed by atoms with Gasteiger partial charge in [-0.3, -0.25) is 4.79 Å². The van der Waals surface area contributed by atoms with Gasteiger partial charge in [0.1, 0.15) is 12.4 Å². The summed E-state index contributed by atoms with van der Waals surface area (Å²) in [6, 6.07) is 3.84. The van der Waals surface area contributed by atoms with Gasteiger partial charge in [-0.2, -0.15) is 0 Å². The van der Waals surface area contributed by atoms with Crippen molar-refractivity contribution in [1.29, 1.82) is 0 Å². The van der Waals surface area contributed by atoms with Crippen LogP contribution in [0, 0.1) is 0 Å². The molecule has 0 aromatic heterocycles. The Morgan fingerprint density at radius 2 is 1.57 bits per heavy atom. The lowest BCUT2D eigenvalue weighted by atomic mass is 9.78. The molecule has 0 aliphatic heterocycles. The van der Waals surface area contributed by atoms with Gasteiger partial charge in [-0.25, -0.2) is 0 Å². The summed E-state index contributed by atoms with van der Waals surface area (Å²) in [4.78, 5) is 12.0. The van der Waals surface area contributed by atoms with Crippen LogP contribution in [0.2, 0.25) is 0 Å². The molecule has 1 aromatic rings. The average Bonchev–Trinajstić information content (AvgIpc) is 2.38. The smallest absolute Gasteiger partial charge is 0.310 e. The zero-order valence-corrected chi connectivity index (χ0v) is 15.5. The predicted molar refractivity (Wildman–Crippen MR) is 95.0 cm³/mol. The molecular formula is C20H30O3. The molecule has 128 valence electrons. The molecule has 1 N–H and O–H groups in total. The molecule has 0 saturated carbocycles. The zero-order valence-electron chi connectivity index (χ0n) is 15.5. The van der Waals surface area contributed by atoms with E-state index in [-0.39, 0.29) is 23.2 Å². The van der Waals surface area contributed by atoms with Gasteiger partial charge in [-0.15, -0.1) is 0 Å². The number of ether oxygens (including phenoxy) is 1. The van der Waals surface area contributed by atoms with E-state index in [4.69, 9.17) is 4.74 Å². The van der Waals surface area contributed by atoms with Gasteiger partial charge in [-0.1, -0.05) is 65.8 Å². The third-order valence-corrected chi connectivity index (χ3v) is 3.71. The van der Waals surface area contributed by atoms with Crippen LogP contribution in [0.5, 0.6) is 5.75 Å². The lowest BCUT2D eigenvalue weighted by molar-refractivity contribution is -0.141. The Labute approximate surface area is 140 Å². The number of carbonyl (C=O) groups excluding carboxylic acids is 1. The fraction of sp³-hybridized carbons (Fsp3) is 0.550. The summed E-state index contributed by atoms with van der Waals surface area (Å²) in [6.45, 7) is 14.5. The Bertz CT molecular complexity index is 549. The van der Waals surface area contributed by atoms with E-state index in [1.807, 2.05) is 25.1 Å². The lowest BCUT2D eigenvalue weighted by Gasteiger charge is -2.28. The van der Waals surface area contributed by atoms with Gasteiger partial charge >= 0.3 is 5.97 Å². The molecular weight excluding hydrogens is 288 g/mol. The van der Waals surface area contributed by atoms with E-state index in [9.17, 15) is 9.90 Å². The highest BCUT2D eigenvalue weighted by molar-refractivity contribution is 5.73. The van der Waals surface area contributed by atoms with Gasteiger partial charge in [0.15, 0.2) is 0 Å². The minimum absolute atomic E-state index is 0.199. The second-order valence-corrected chi connectivity index (χ2v) is 7.97. The van der Waals surface area contributed by atoms with Crippen LogP contribution in [0.15, 0.2) is 24.3 Å². The molecule has 0 amide bonds. The molecule has 1 rings (SSSR count). The summed E-state index contributed by atoms with van der Waals surface area (Å²) in [5.74, 6) is 0.0736. The van der Waals surface area contributed by atoms with Crippen molar-refractivity contribution in [2.45, 2.75) is 65.7 Å². The Hall–Kier alpha value is -1.77. The summed E-state index contributed by atoms with van der Waals surface area (Å²) in [5, 5.41) is 10.7. The zero-order chi connectivity index (χ0) is 17.8. The molecule has 0 atom stereocenters. The first-order valence-electron chi connectivity index (χ1n) is 8.10. The van der Waals surface area contributed by atoms with Gasteiger partial charge in [0.25, 0.3) is 0 Å². The number of phenols is 1. The number of benzene rings is 1. The number of aromatic hydroxyl groups is 1. The van der Waals surface area contributed by atoms with E-state index in [0.717, 1.165) is 16.7 Å². The van der Waals surface area contributed by atoms with Crippen molar-refractivity contribution in [3.05, 3.63) is 41.0 Å². The third-order valence-electron chi connectivity index (χ3n) is 3.71. The molecule has 0 unspecified atom stereocenters. The van der Waals surface area contributed by atoms with Crippen molar-refractivity contribution < 1.29 is 14.6 Å². The van der Waals surface area contributed by atoms with Crippen LogP contribution in [-0.2, 0) is 26.8 Å². The summed E-state index contributed by atoms with van der Waals surface area (Å²) >= 11 is 0. The van der Waals surface area contributed by atoms with Crippen LogP contribution in [0.25, 0.3) is 0 Å². The largest absolute Gasteiger partial charge is 0.507 e. The lowest BCUT2D eigenvalue weighted by Crippen LogP contribution is -2.19. The minimum Gasteiger partial charge on any atom is -0.507 e. The Kier molecular flexibility index (Phi) is 6.04. The fourth-order valence-corrected chi connectivity index (χ4v) is 2.39. The van der Waals surface area contributed by atoms with Gasteiger partial charge in [-0.05, 0) is 34.4 Å². The summed E-state index contributed by atoms with van der Waals surface area (Å²) in [7, 11) is 0. The molecule has 3 heteroatoms. The Morgan fingerprint density at radius 1 is 1.09 bits per heavy atom. The fourth-order valence-electron chi connectivity index (χ4n) is 2.39. The van der Waals surface area contributed by atoms with Crippen LogP contribution >= 0.6 is 0 Å². The molecule has 0 aliphatic carbocycles. The molecule has 3 nitrogen and oxygen atoms in total. The van der Waals surface area contributed by atoms with Gasteiger partial charge in [0, 0.05) is 0 Å². The Balaban J connectivity index is 3.21. The predicted octanol–water partition coefficient (Wildman–Crippen LogP) is 4.65. The summed E-state index contributed by atoms with van der Waals surface area (Å²) in [5.41, 5.74) is 2.20. The number of phenolic OH excluding ortho intramolecular Hbond substituents is 1. The number of allylic oxidation sites excluding steroid dienone is 1. The van der Waals surface area contributed by atoms with Crippen LogP contribution in [0.1, 0.15) is 65.2 Å². The van der Waals surface area contributed by atoms with Gasteiger partial charge in [0.05, 0.1) is 6.42 Å². The number of hydrogen-bond acceptors (Lipinski definition) is 3. The molecule has 23 heavy (non-hydrogen) atoms. The Morgan fingerprint density at radius 3 is 1.96 bits per heavy atom. The summed E-state index contributed by atoms with van der Waals surface area (Å²) in [6.07, 6.45) is 3.86. The number of carbonyl (C=O) groups is 1. The molecule has 0 aliphatic rings. The van der Waals surface area contributed by atoms with Gasteiger partial charge < -0.3 is 9.84 Å². The second kappa shape index (κ2) is 7.20. The molecule has 0 spiro atoms. The van der Waals surface area contributed by atoms with Crippen LogP contribution in [0.4, 0.5) is 0 Å². The molecule has 0 fully saturated rings. The van der Waals surface area contributed by atoms with Crippen molar-refractivity contribution in [1.82, 2.24) is 0 Å². The van der Waals surface area contributed by atoms with E-state index in [1.165, 1.54) is 0 Å². The van der Waals surface area contributed by atoms with E-state index < -0.39 is 0 Å². The standard InChI is InChI=1S/C20H30O3/c1-8-9-10-23-17(21)13-14-11-15(19(2,3)4)18(22)16(12-14)20(5,6)7/h8-9,11-12,22H,10,13H2,1-7H3/b9-8+. The van der Waals surface area contributed by atoms with E-state index in [1.54, 1.807) is 6.08 Å². The van der Waals surface area contributed by atoms with Crippen LogP contribution in [0.3, 0.4) is 0 Å². The van der Waals surface area contributed by atoms with Crippen molar-refractivity contribution >= 4 is 5.97 Å². The topological polar surface area (TPSA) is 46.5 Å². The average molecular weight is 318 g/mol. The normalized spacial score (nSPS) is 12.7. The van der Waals surface area contributed by atoms with Crippen LogP contribution in [-0.4, -0.2) is 17.7 Å². The molecule has 1 aromatic carbocycles. The maximum atomic E-state index is 12.0. The van der Waals surface area contributed by atoms with Gasteiger partial charge in [0.2, 0.25) is 0 Å².